The third-order valence-electron chi connectivity index (χ3n) is 2.77. The summed E-state index contributed by atoms with van der Waals surface area (Å²) in [6.07, 6.45) is 4.20. The molecule has 1 heterocycles. The fraction of sp³-hybridized carbons (Fsp3) is 0.125. The maximum atomic E-state index is 9.06. The summed E-state index contributed by atoms with van der Waals surface area (Å²) in [5.41, 5.74) is 2.52. The standard InChI is InChI=1S/C16H11ClN4/c1-11-8-14(21-16(10-19)15(9-18)20-11)7-4-12-2-5-13(17)6-3-12/h2-7H,8H2,1H3/b7-4+. The second kappa shape index (κ2) is 6.65. The van der Waals surface area contributed by atoms with Crippen LogP contribution in [0.1, 0.15) is 18.9 Å². The van der Waals surface area contributed by atoms with E-state index in [1.807, 2.05) is 43.3 Å². The molecule has 1 aromatic rings. The van der Waals surface area contributed by atoms with Crippen LogP contribution in [0.25, 0.3) is 6.08 Å². The normalized spacial score (nSPS) is 15.0. The highest BCUT2D eigenvalue weighted by molar-refractivity contribution is 6.30. The van der Waals surface area contributed by atoms with Crippen molar-refractivity contribution < 1.29 is 0 Å². The summed E-state index contributed by atoms with van der Waals surface area (Å²) in [7, 11) is 0. The monoisotopic (exact) mass is 294 g/mol. The summed E-state index contributed by atoms with van der Waals surface area (Å²) in [4.78, 5) is 8.32. The van der Waals surface area contributed by atoms with Gasteiger partial charge in [0.25, 0.3) is 0 Å². The predicted molar refractivity (Wildman–Crippen MR) is 83.9 cm³/mol. The Morgan fingerprint density at radius 2 is 1.67 bits per heavy atom. The summed E-state index contributed by atoms with van der Waals surface area (Å²) in [5.74, 6) is 0. The Bertz CT molecular complexity index is 753. The summed E-state index contributed by atoms with van der Waals surface area (Å²) in [6, 6.07) is 11.2. The van der Waals surface area contributed by atoms with Gasteiger partial charge in [-0.2, -0.15) is 10.5 Å². The molecule has 0 unspecified atom stereocenters. The van der Waals surface area contributed by atoms with E-state index in [1.54, 1.807) is 12.1 Å². The van der Waals surface area contributed by atoms with Crippen LogP contribution in [0.2, 0.25) is 5.02 Å². The third kappa shape index (κ3) is 3.89. The van der Waals surface area contributed by atoms with Crippen molar-refractivity contribution in [1.29, 1.82) is 10.5 Å². The summed E-state index contributed by atoms with van der Waals surface area (Å²) < 4.78 is 0. The van der Waals surface area contributed by atoms with Crippen LogP contribution in [0.15, 0.2) is 51.7 Å². The molecule has 0 amide bonds. The van der Waals surface area contributed by atoms with Crippen molar-refractivity contribution in [3.63, 3.8) is 0 Å². The smallest absolute Gasteiger partial charge is 0.177 e. The van der Waals surface area contributed by atoms with E-state index in [0.29, 0.717) is 17.2 Å². The number of benzene rings is 1. The lowest BCUT2D eigenvalue weighted by Gasteiger charge is -1.98. The first-order valence-electron chi connectivity index (χ1n) is 6.22. The molecule has 0 spiro atoms. The molecule has 1 aliphatic heterocycles. The second-order valence-corrected chi connectivity index (χ2v) is 4.87. The Balaban J connectivity index is 2.32. The van der Waals surface area contributed by atoms with Crippen molar-refractivity contribution in [2.45, 2.75) is 13.3 Å². The van der Waals surface area contributed by atoms with Crippen molar-refractivity contribution in [3.8, 4) is 12.1 Å². The van der Waals surface area contributed by atoms with E-state index in [0.717, 1.165) is 11.3 Å². The number of nitrogens with zero attached hydrogens (tertiary/aromatic N) is 4. The maximum absolute atomic E-state index is 9.06. The van der Waals surface area contributed by atoms with Gasteiger partial charge in [0.15, 0.2) is 11.4 Å². The first-order valence-corrected chi connectivity index (χ1v) is 6.60. The van der Waals surface area contributed by atoms with Crippen LogP contribution in [-0.2, 0) is 0 Å². The average molecular weight is 295 g/mol. The molecular weight excluding hydrogens is 284 g/mol. The van der Waals surface area contributed by atoms with Crippen molar-refractivity contribution >= 4 is 29.1 Å². The zero-order chi connectivity index (χ0) is 15.2. The summed E-state index contributed by atoms with van der Waals surface area (Å²) >= 11 is 5.83. The van der Waals surface area contributed by atoms with Crippen LogP contribution in [0.3, 0.4) is 0 Å². The van der Waals surface area contributed by atoms with Crippen LogP contribution in [-0.4, -0.2) is 11.4 Å². The molecule has 0 atom stereocenters. The van der Waals surface area contributed by atoms with E-state index in [-0.39, 0.29) is 11.4 Å². The number of allylic oxidation sites excluding steroid dienone is 3. The highest BCUT2D eigenvalue weighted by Crippen LogP contribution is 2.15. The Morgan fingerprint density at radius 1 is 1.05 bits per heavy atom. The van der Waals surface area contributed by atoms with Crippen LogP contribution < -0.4 is 0 Å². The summed E-state index contributed by atoms with van der Waals surface area (Å²) in [5, 5.41) is 18.7. The largest absolute Gasteiger partial charge is 0.244 e. The van der Waals surface area contributed by atoms with Crippen LogP contribution >= 0.6 is 11.6 Å². The van der Waals surface area contributed by atoms with Gasteiger partial charge >= 0.3 is 0 Å². The minimum atomic E-state index is 0.0464. The highest BCUT2D eigenvalue weighted by Gasteiger charge is 2.11. The Kier molecular flexibility index (Phi) is 4.66. The predicted octanol–water partition coefficient (Wildman–Crippen LogP) is 3.92. The van der Waals surface area contributed by atoms with Gasteiger partial charge in [-0.05, 0) is 30.7 Å². The van der Waals surface area contributed by atoms with Gasteiger partial charge in [-0.3, -0.25) is 0 Å². The van der Waals surface area contributed by atoms with Gasteiger partial charge in [-0.25, -0.2) is 9.98 Å². The van der Waals surface area contributed by atoms with Gasteiger partial charge in [-0.15, -0.1) is 0 Å². The molecular formula is C16H11ClN4. The minimum absolute atomic E-state index is 0.0464. The molecule has 0 radical (unpaired) electrons. The number of hydrogen-bond donors (Lipinski definition) is 0. The zero-order valence-corrected chi connectivity index (χ0v) is 12.1. The lowest BCUT2D eigenvalue weighted by molar-refractivity contribution is 1.27. The van der Waals surface area contributed by atoms with E-state index in [2.05, 4.69) is 9.98 Å². The third-order valence-corrected chi connectivity index (χ3v) is 3.02. The zero-order valence-electron chi connectivity index (χ0n) is 11.3. The number of halogens is 1. The lowest BCUT2D eigenvalue weighted by atomic mass is 10.1. The molecule has 0 aliphatic carbocycles. The summed E-state index contributed by atoms with van der Waals surface area (Å²) in [6.45, 7) is 1.81. The van der Waals surface area contributed by atoms with Crippen molar-refractivity contribution in [1.82, 2.24) is 0 Å². The van der Waals surface area contributed by atoms with Gasteiger partial charge in [0.1, 0.15) is 12.1 Å². The van der Waals surface area contributed by atoms with Gasteiger partial charge in [0.2, 0.25) is 0 Å². The molecule has 5 heteroatoms. The van der Waals surface area contributed by atoms with E-state index in [1.165, 1.54) is 0 Å². The molecule has 102 valence electrons. The fourth-order valence-corrected chi connectivity index (χ4v) is 1.93. The molecule has 2 rings (SSSR count). The molecule has 0 bridgehead atoms. The van der Waals surface area contributed by atoms with Crippen LogP contribution in [0, 0.1) is 22.7 Å². The second-order valence-electron chi connectivity index (χ2n) is 4.43. The molecule has 0 fully saturated rings. The number of aliphatic imine (C=N–C) groups is 2. The van der Waals surface area contributed by atoms with E-state index in [4.69, 9.17) is 22.1 Å². The van der Waals surface area contributed by atoms with Gasteiger partial charge in [0, 0.05) is 22.9 Å². The van der Waals surface area contributed by atoms with Gasteiger partial charge in [0.05, 0.1) is 0 Å². The van der Waals surface area contributed by atoms with Crippen LogP contribution in [0.4, 0.5) is 0 Å². The van der Waals surface area contributed by atoms with E-state index < -0.39 is 0 Å². The van der Waals surface area contributed by atoms with Gasteiger partial charge in [-0.1, -0.05) is 29.8 Å². The average Bonchev–Trinajstić information content (AvgIpc) is 2.64. The van der Waals surface area contributed by atoms with Crippen molar-refractivity contribution in [3.05, 3.63) is 52.3 Å². The molecule has 0 N–H and O–H groups in total. The number of hydrogen-bond acceptors (Lipinski definition) is 4. The first kappa shape index (κ1) is 14.7. The Hall–Kier alpha value is -2.69. The maximum Gasteiger partial charge on any atom is 0.177 e. The van der Waals surface area contributed by atoms with E-state index >= 15 is 0 Å². The molecule has 4 nitrogen and oxygen atoms in total. The topological polar surface area (TPSA) is 72.3 Å². The molecule has 1 aromatic carbocycles. The van der Waals surface area contributed by atoms with Gasteiger partial charge < -0.3 is 0 Å². The minimum Gasteiger partial charge on any atom is -0.244 e. The fourth-order valence-electron chi connectivity index (χ4n) is 1.80. The van der Waals surface area contributed by atoms with E-state index in [9.17, 15) is 0 Å². The molecule has 0 saturated carbocycles. The first-order chi connectivity index (χ1) is 10.1. The number of nitriles is 2. The highest BCUT2D eigenvalue weighted by atomic mass is 35.5. The van der Waals surface area contributed by atoms with Crippen LogP contribution in [0.5, 0.6) is 0 Å². The van der Waals surface area contributed by atoms with Crippen molar-refractivity contribution in [2.75, 3.05) is 0 Å². The molecule has 0 saturated heterocycles. The lowest BCUT2D eigenvalue weighted by Crippen LogP contribution is -2.00. The quantitative estimate of drug-likeness (QED) is 0.829. The van der Waals surface area contributed by atoms with Crippen molar-refractivity contribution in [2.24, 2.45) is 9.98 Å². The Morgan fingerprint density at radius 3 is 2.29 bits per heavy atom. The molecule has 1 aliphatic rings. The number of rotatable bonds is 2. The SMILES string of the molecule is CC1=NC(C#N)=C(C#N)N=C(/C=C/c2ccc(Cl)cc2)C1. The Labute approximate surface area is 128 Å². The molecule has 21 heavy (non-hydrogen) atoms. The molecule has 0 aromatic heterocycles.